The number of carbonyl (C=O) groups is 2. The van der Waals surface area contributed by atoms with Crippen molar-refractivity contribution >= 4 is 29.0 Å². The molecule has 5 nitrogen and oxygen atoms in total. The highest BCUT2D eigenvalue weighted by Gasteiger charge is 2.16. The van der Waals surface area contributed by atoms with Crippen LogP contribution in [0.25, 0.3) is 0 Å². The zero-order valence-electron chi connectivity index (χ0n) is 13.8. The van der Waals surface area contributed by atoms with E-state index in [0.717, 1.165) is 0 Å². The number of likely N-dealkylation sites (N-methyl/N-ethyl adjacent to an activating group) is 1. The van der Waals surface area contributed by atoms with Crippen LogP contribution < -0.4 is 5.32 Å². The molecule has 25 heavy (non-hydrogen) atoms. The second kappa shape index (κ2) is 8.97. The van der Waals surface area contributed by atoms with Crippen molar-refractivity contribution in [1.29, 1.82) is 5.26 Å². The van der Waals surface area contributed by atoms with Gasteiger partial charge in [0.25, 0.3) is 0 Å². The number of nitrogens with zero attached hydrogens (tertiary/aromatic N) is 2. The van der Waals surface area contributed by atoms with Crippen LogP contribution >= 0.6 is 11.6 Å². The first-order valence-electron chi connectivity index (χ1n) is 7.76. The Balaban J connectivity index is 2.17. The summed E-state index contributed by atoms with van der Waals surface area (Å²) in [5.74, 6) is -0.471. The van der Waals surface area contributed by atoms with E-state index in [1.165, 1.54) is 0 Å². The van der Waals surface area contributed by atoms with E-state index in [1.807, 2.05) is 12.1 Å². The minimum atomic E-state index is -0.259. The number of benzene rings is 2. The number of rotatable bonds is 7. The molecule has 0 aliphatic carbocycles. The molecule has 0 heterocycles. The third-order valence-corrected chi connectivity index (χ3v) is 3.79. The third kappa shape index (κ3) is 5.42. The van der Waals surface area contributed by atoms with Gasteiger partial charge in [0, 0.05) is 29.1 Å². The average molecular weight is 356 g/mol. The number of amides is 1. The fourth-order valence-electron chi connectivity index (χ4n) is 2.31. The Bertz CT molecular complexity index is 800. The number of nitriles is 1. The van der Waals surface area contributed by atoms with Crippen LogP contribution in [-0.2, 0) is 4.79 Å². The number of carbonyl (C=O) groups excluding carboxylic acids is 2. The first-order valence-corrected chi connectivity index (χ1v) is 8.13. The highest BCUT2D eigenvalue weighted by atomic mass is 35.5. The van der Waals surface area contributed by atoms with Gasteiger partial charge in [-0.1, -0.05) is 41.9 Å². The zero-order chi connectivity index (χ0) is 18.2. The topological polar surface area (TPSA) is 73.2 Å². The van der Waals surface area contributed by atoms with Gasteiger partial charge in [0.05, 0.1) is 18.3 Å². The van der Waals surface area contributed by atoms with Gasteiger partial charge in [-0.05, 0) is 25.2 Å². The predicted octanol–water partition coefficient (Wildman–Crippen LogP) is 3.35. The van der Waals surface area contributed by atoms with Crippen molar-refractivity contribution in [3.8, 4) is 6.07 Å². The minimum Gasteiger partial charge on any atom is -0.324 e. The van der Waals surface area contributed by atoms with E-state index in [4.69, 9.17) is 16.9 Å². The SMILES string of the molecule is CN(CCC#N)CC(=O)Nc1ccc(Cl)cc1C(=O)c1ccccc1. The first kappa shape index (κ1) is 18.7. The maximum atomic E-state index is 12.7. The lowest BCUT2D eigenvalue weighted by molar-refractivity contribution is -0.117. The molecule has 128 valence electrons. The maximum Gasteiger partial charge on any atom is 0.238 e. The van der Waals surface area contributed by atoms with E-state index in [-0.39, 0.29) is 18.2 Å². The summed E-state index contributed by atoms with van der Waals surface area (Å²) in [6.07, 6.45) is 0.350. The lowest BCUT2D eigenvalue weighted by Gasteiger charge is -2.16. The van der Waals surface area contributed by atoms with E-state index in [0.29, 0.717) is 34.8 Å². The lowest BCUT2D eigenvalue weighted by atomic mass is 10.0. The molecule has 6 heteroatoms. The quantitative estimate of drug-likeness (QED) is 0.773. The summed E-state index contributed by atoms with van der Waals surface area (Å²) >= 11 is 6.02. The Morgan fingerprint density at radius 3 is 2.60 bits per heavy atom. The highest BCUT2D eigenvalue weighted by molar-refractivity contribution is 6.31. The standard InChI is InChI=1S/C19H18ClN3O2/c1-23(11-5-10-21)13-18(24)22-17-9-8-15(20)12-16(17)19(25)14-6-3-2-4-7-14/h2-4,6-9,12H,5,11,13H2,1H3,(H,22,24). The first-order chi connectivity index (χ1) is 12.0. The number of hydrogen-bond donors (Lipinski definition) is 1. The van der Waals surface area contributed by atoms with Crippen LogP contribution in [0.2, 0.25) is 5.02 Å². The van der Waals surface area contributed by atoms with Gasteiger partial charge in [0.15, 0.2) is 5.78 Å². The molecule has 0 unspecified atom stereocenters. The van der Waals surface area contributed by atoms with E-state index >= 15 is 0 Å². The summed E-state index contributed by atoms with van der Waals surface area (Å²) in [6.45, 7) is 0.629. The molecule has 0 aliphatic heterocycles. The molecule has 0 saturated heterocycles. The van der Waals surface area contributed by atoms with Crippen molar-refractivity contribution in [3.63, 3.8) is 0 Å². The normalized spacial score (nSPS) is 10.3. The fraction of sp³-hybridized carbons (Fsp3) is 0.211. The van der Waals surface area contributed by atoms with Crippen molar-refractivity contribution in [2.24, 2.45) is 0 Å². The fourth-order valence-corrected chi connectivity index (χ4v) is 2.49. The maximum absolute atomic E-state index is 12.7. The molecule has 2 aromatic rings. The Morgan fingerprint density at radius 1 is 1.20 bits per heavy atom. The molecule has 1 N–H and O–H groups in total. The summed E-state index contributed by atoms with van der Waals surface area (Å²) in [5.41, 5.74) is 1.27. The van der Waals surface area contributed by atoms with Crippen molar-refractivity contribution in [2.75, 3.05) is 25.5 Å². The Hall–Kier alpha value is -2.68. The van der Waals surface area contributed by atoms with Crippen LogP contribution in [0.5, 0.6) is 0 Å². The van der Waals surface area contributed by atoms with E-state index in [2.05, 4.69) is 5.32 Å². The summed E-state index contributed by atoms with van der Waals surface area (Å²) in [7, 11) is 1.76. The minimum absolute atomic E-state index is 0.128. The van der Waals surface area contributed by atoms with Gasteiger partial charge >= 0.3 is 0 Å². The third-order valence-electron chi connectivity index (χ3n) is 3.56. The second-order valence-electron chi connectivity index (χ2n) is 5.58. The number of ketones is 1. The lowest BCUT2D eigenvalue weighted by Crippen LogP contribution is -2.31. The van der Waals surface area contributed by atoms with Crippen LogP contribution in [0, 0.1) is 11.3 Å². The molecule has 1 amide bonds. The summed E-state index contributed by atoms with van der Waals surface area (Å²) in [4.78, 5) is 26.7. The van der Waals surface area contributed by atoms with Crippen molar-refractivity contribution in [2.45, 2.75) is 6.42 Å². The van der Waals surface area contributed by atoms with Gasteiger partial charge in [-0.2, -0.15) is 5.26 Å². The molecule has 0 aliphatic rings. The zero-order valence-corrected chi connectivity index (χ0v) is 14.6. The van der Waals surface area contributed by atoms with Crippen molar-refractivity contribution in [3.05, 3.63) is 64.7 Å². The van der Waals surface area contributed by atoms with Crippen LogP contribution in [0.3, 0.4) is 0 Å². The van der Waals surface area contributed by atoms with Gasteiger partial charge in [0.1, 0.15) is 0 Å². The molecule has 2 aromatic carbocycles. The molecule has 0 spiro atoms. The Morgan fingerprint density at radius 2 is 1.92 bits per heavy atom. The molecule has 0 aromatic heterocycles. The van der Waals surface area contributed by atoms with Gasteiger partial charge in [-0.25, -0.2) is 0 Å². The molecular weight excluding hydrogens is 338 g/mol. The number of hydrogen-bond acceptors (Lipinski definition) is 4. The van der Waals surface area contributed by atoms with Crippen LogP contribution in [-0.4, -0.2) is 36.7 Å². The molecular formula is C19H18ClN3O2. The van der Waals surface area contributed by atoms with Crippen LogP contribution in [0.4, 0.5) is 5.69 Å². The van der Waals surface area contributed by atoms with E-state index in [1.54, 1.807) is 54.4 Å². The summed E-state index contributed by atoms with van der Waals surface area (Å²) < 4.78 is 0. The predicted molar refractivity (Wildman–Crippen MR) is 97.7 cm³/mol. The van der Waals surface area contributed by atoms with E-state index in [9.17, 15) is 9.59 Å². The average Bonchev–Trinajstić information content (AvgIpc) is 2.61. The molecule has 0 saturated carbocycles. The van der Waals surface area contributed by atoms with Crippen molar-refractivity contribution in [1.82, 2.24) is 4.90 Å². The largest absolute Gasteiger partial charge is 0.324 e. The molecule has 0 fully saturated rings. The molecule has 0 atom stereocenters. The van der Waals surface area contributed by atoms with Crippen LogP contribution in [0.15, 0.2) is 48.5 Å². The smallest absolute Gasteiger partial charge is 0.238 e. The number of halogens is 1. The van der Waals surface area contributed by atoms with Gasteiger partial charge in [-0.3, -0.25) is 14.5 Å². The Labute approximate surface area is 151 Å². The number of anilines is 1. The summed E-state index contributed by atoms with van der Waals surface area (Å²) in [6, 6.07) is 15.6. The monoisotopic (exact) mass is 355 g/mol. The number of nitrogens with one attached hydrogen (secondary N) is 1. The van der Waals surface area contributed by atoms with E-state index < -0.39 is 0 Å². The van der Waals surface area contributed by atoms with Gasteiger partial charge in [-0.15, -0.1) is 0 Å². The summed E-state index contributed by atoms with van der Waals surface area (Å²) in [5, 5.41) is 11.8. The molecule has 0 bridgehead atoms. The van der Waals surface area contributed by atoms with Gasteiger partial charge in [0.2, 0.25) is 5.91 Å². The highest BCUT2D eigenvalue weighted by Crippen LogP contribution is 2.23. The second-order valence-corrected chi connectivity index (χ2v) is 6.02. The van der Waals surface area contributed by atoms with Crippen LogP contribution in [0.1, 0.15) is 22.3 Å². The van der Waals surface area contributed by atoms with Crippen molar-refractivity contribution < 1.29 is 9.59 Å². The van der Waals surface area contributed by atoms with Gasteiger partial charge < -0.3 is 5.32 Å². The Kier molecular flexibility index (Phi) is 6.70. The molecule has 0 radical (unpaired) electrons. The molecule has 2 rings (SSSR count).